The summed E-state index contributed by atoms with van der Waals surface area (Å²) in [6.45, 7) is 4.11. The molecule has 0 aliphatic rings. The first kappa shape index (κ1) is 16.0. The number of aliphatic hydroxyl groups is 1. The van der Waals surface area contributed by atoms with E-state index in [4.69, 9.17) is 4.74 Å². The molecule has 1 aromatic rings. The van der Waals surface area contributed by atoms with Gasteiger partial charge < -0.3 is 9.84 Å². The molecule has 0 fully saturated rings. The topological polar surface area (TPSA) is 29.5 Å². The van der Waals surface area contributed by atoms with Crippen molar-refractivity contribution in [2.24, 2.45) is 0 Å². The predicted molar refractivity (Wildman–Crippen MR) is 80.6 cm³/mol. The molecule has 1 N–H and O–H groups in total. The maximum atomic E-state index is 10.6. The van der Waals surface area contributed by atoms with Crippen molar-refractivity contribution in [3.05, 3.63) is 29.8 Å². The van der Waals surface area contributed by atoms with Crippen molar-refractivity contribution in [2.75, 3.05) is 7.11 Å². The number of hydrogen-bond donors (Lipinski definition) is 1. The lowest BCUT2D eigenvalue weighted by Crippen LogP contribution is -2.21. The van der Waals surface area contributed by atoms with Crippen molar-refractivity contribution >= 4 is 0 Å². The first-order chi connectivity index (χ1) is 9.11. The van der Waals surface area contributed by atoms with Gasteiger partial charge in [-0.2, -0.15) is 0 Å². The summed E-state index contributed by atoms with van der Waals surface area (Å²) in [5.41, 5.74) is 0.100. The second-order valence-electron chi connectivity index (χ2n) is 5.49. The van der Waals surface area contributed by atoms with E-state index in [1.54, 1.807) is 7.11 Å². The summed E-state index contributed by atoms with van der Waals surface area (Å²) in [5, 5.41) is 10.6. The number of benzene rings is 1. The molecule has 2 nitrogen and oxygen atoms in total. The number of ether oxygens (including phenoxy) is 1. The van der Waals surface area contributed by atoms with Crippen LogP contribution in [-0.2, 0) is 5.60 Å². The molecule has 19 heavy (non-hydrogen) atoms. The predicted octanol–water partition coefficient (Wildman–Crippen LogP) is 4.65. The van der Waals surface area contributed by atoms with Crippen molar-refractivity contribution in [1.29, 1.82) is 0 Å². The molecule has 0 spiro atoms. The summed E-state index contributed by atoms with van der Waals surface area (Å²) in [7, 11) is 1.65. The Balaban J connectivity index is 2.46. The molecule has 0 radical (unpaired) electrons. The van der Waals surface area contributed by atoms with Gasteiger partial charge in [-0.25, -0.2) is 0 Å². The fourth-order valence-electron chi connectivity index (χ4n) is 2.47. The highest BCUT2D eigenvalue weighted by Gasteiger charge is 2.25. The lowest BCUT2D eigenvalue weighted by Gasteiger charge is -2.25. The standard InChI is InChI=1S/C17H28O2/c1-4-5-6-7-8-11-14-17(2,18)15-12-9-10-13-16(15)19-3/h9-10,12-13,18H,4-8,11,14H2,1-3H3. The van der Waals surface area contributed by atoms with Crippen LogP contribution < -0.4 is 4.74 Å². The molecule has 2 heteroatoms. The third-order valence-electron chi connectivity index (χ3n) is 3.70. The molecule has 0 amide bonds. The van der Waals surface area contributed by atoms with Gasteiger partial charge >= 0.3 is 0 Å². The van der Waals surface area contributed by atoms with Gasteiger partial charge in [0.1, 0.15) is 5.75 Å². The zero-order valence-corrected chi connectivity index (χ0v) is 12.6. The van der Waals surface area contributed by atoms with Gasteiger partial charge in [0, 0.05) is 5.56 Å². The van der Waals surface area contributed by atoms with E-state index in [0.29, 0.717) is 0 Å². The molecule has 0 aliphatic heterocycles. The molecule has 0 aliphatic carbocycles. The van der Waals surface area contributed by atoms with Gasteiger partial charge in [0.05, 0.1) is 12.7 Å². The zero-order valence-electron chi connectivity index (χ0n) is 12.6. The van der Waals surface area contributed by atoms with Crippen LogP contribution in [0.15, 0.2) is 24.3 Å². The van der Waals surface area contributed by atoms with Gasteiger partial charge in [-0.3, -0.25) is 0 Å². The van der Waals surface area contributed by atoms with Crippen LogP contribution >= 0.6 is 0 Å². The van der Waals surface area contributed by atoms with Crippen molar-refractivity contribution in [1.82, 2.24) is 0 Å². The van der Waals surface area contributed by atoms with Crippen LogP contribution in [0.1, 0.15) is 64.4 Å². The summed E-state index contributed by atoms with van der Waals surface area (Å²) >= 11 is 0. The zero-order chi connectivity index (χ0) is 14.1. The molecule has 0 saturated carbocycles. The van der Waals surface area contributed by atoms with Crippen molar-refractivity contribution in [3.8, 4) is 5.75 Å². The summed E-state index contributed by atoms with van der Waals surface area (Å²) in [6, 6.07) is 7.75. The van der Waals surface area contributed by atoms with Crippen molar-refractivity contribution < 1.29 is 9.84 Å². The molecule has 0 saturated heterocycles. The number of para-hydroxylation sites is 1. The molecular formula is C17H28O2. The lowest BCUT2D eigenvalue weighted by molar-refractivity contribution is 0.0423. The van der Waals surface area contributed by atoms with Gasteiger partial charge in [0.25, 0.3) is 0 Å². The lowest BCUT2D eigenvalue weighted by atomic mass is 9.89. The average molecular weight is 264 g/mol. The minimum absolute atomic E-state index is 0.776. The normalized spacial score (nSPS) is 14.1. The highest BCUT2D eigenvalue weighted by Crippen LogP contribution is 2.33. The smallest absolute Gasteiger partial charge is 0.124 e. The van der Waals surface area contributed by atoms with E-state index >= 15 is 0 Å². The Morgan fingerprint density at radius 2 is 1.68 bits per heavy atom. The molecule has 1 rings (SSSR count). The average Bonchev–Trinajstić information content (AvgIpc) is 2.42. The Morgan fingerprint density at radius 3 is 2.37 bits per heavy atom. The molecule has 1 atom stereocenters. The SMILES string of the molecule is CCCCCCCCC(C)(O)c1ccccc1OC. The van der Waals surface area contributed by atoms with Crippen LogP contribution in [-0.4, -0.2) is 12.2 Å². The second kappa shape index (κ2) is 8.21. The highest BCUT2D eigenvalue weighted by molar-refractivity contribution is 5.37. The third-order valence-corrected chi connectivity index (χ3v) is 3.70. The van der Waals surface area contributed by atoms with E-state index < -0.39 is 5.60 Å². The van der Waals surface area contributed by atoms with E-state index in [-0.39, 0.29) is 0 Å². The fraction of sp³-hybridized carbons (Fsp3) is 0.647. The molecule has 1 aromatic carbocycles. The van der Waals surface area contributed by atoms with Crippen LogP contribution in [0.5, 0.6) is 5.75 Å². The van der Waals surface area contributed by atoms with Crippen LogP contribution in [0.2, 0.25) is 0 Å². The van der Waals surface area contributed by atoms with Gasteiger partial charge in [-0.15, -0.1) is 0 Å². The van der Waals surface area contributed by atoms with Crippen LogP contribution in [0, 0.1) is 0 Å². The Labute approximate surface area is 117 Å². The monoisotopic (exact) mass is 264 g/mol. The van der Waals surface area contributed by atoms with Crippen molar-refractivity contribution in [3.63, 3.8) is 0 Å². The van der Waals surface area contributed by atoms with Crippen LogP contribution in [0.25, 0.3) is 0 Å². The van der Waals surface area contributed by atoms with Crippen LogP contribution in [0.4, 0.5) is 0 Å². The minimum atomic E-state index is -0.794. The summed E-state index contributed by atoms with van der Waals surface area (Å²) < 4.78 is 5.33. The maximum Gasteiger partial charge on any atom is 0.124 e. The van der Waals surface area contributed by atoms with Crippen LogP contribution in [0.3, 0.4) is 0 Å². The third kappa shape index (κ3) is 5.23. The van der Waals surface area contributed by atoms with E-state index in [2.05, 4.69) is 6.92 Å². The Morgan fingerprint density at radius 1 is 1.05 bits per heavy atom. The van der Waals surface area contributed by atoms with Gasteiger partial charge in [0.2, 0.25) is 0 Å². The number of rotatable bonds is 9. The van der Waals surface area contributed by atoms with Gasteiger partial charge in [-0.1, -0.05) is 63.6 Å². The van der Waals surface area contributed by atoms with E-state index in [1.165, 1.54) is 32.1 Å². The quantitative estimate of drug-likeness (QED) is 0.658. The number of methoxy groups -OCH3 is 1. The number of unbranched alkanes of at least 4 members (excludes halogenated alkanes) is 5. The fourth-order valence-corrected chi connectivity index (χ4v) is 2.47. The molecule has 0 aromatic heterocycles. The summed E-state index contributed by atoms with van der Waals surface area (Å²) in [5.74, 6) is 0.776. The summed E-state index contributed by atoms with van der Waals surface area (Å²) in [6.07, 6.45) is 8.24. The van der Waals surface area contributed by atoms with Gasteiger partial charge in [0.15, 0.2) is 0 Å². The largest absolute Gasteiger partial charge is 0.496 e. The minimum Gasteiger partial charge on any atom is -0.496 e. The van der Waals surface area contributed by atoms with E-state index in [0.717, 1.165) is 24.2 Å². The van der Waals surface area contributed by atoms with Gasteiger partial charge in [-0.05, 0) is 19.4 Å². The molecule has 1 unspecified atom stereocenters. The van der Waals surface area contributed by atoms with Crippen molar-refractivity contribution in [2.45, 2.75) is 64.4 Å². The first-order valence-electron chi connectivity index (χ1n) is 7.47. The Hall–Kier alpha value is -1.02. The molecular weight excluding hydrogens is 236 g/mol. The second-order valence-corrected chi connectivity index (χ2v) is 5.49. The number of hydrogen-bond acceptors (Lipinski definition) is 2. The highest BCUT2D eigenvalue weighted by atomic mass is 16.5. The van der Waals surface area contributed by atoms with E-state index in [1.807, 2.05) is 31.2 Å². The Kier molecular flexibility index (Phi) is 6.93. The Bertz CT molecular complexity index is 358. The molecule has 0 bridgehead atoms. The molecule has 0 heterocycles. The molecule has 108 valence electrons. The summed E-state index contributed by atoms with van der Waals surface area (Å²) in [4.78, 5) is 0. The van der Waals surface area contributed by atoms with E-state index in [9.17, 15) is 5.11 Å². The maximum absolute atomic E-state index is 10.6. The first-order valence-corrected chi connectivity index (χ1v) is 7.47.